The average Bonchev–Trinajstić information content (AvgIpc) is 3.19. The van der Waals surface area contributed by atoms with E-state index < -0.39 is 15.9 Å². The molecular weight excluding hydrogens is 368 g/mol. The van der Waals surface area contributed by atoms with Gasteiger partial charge in [0.15, 0.2) is 9.92 Å². The molecule has 2 aromatic rings. The molecule has 0 radical (unpaired) electrons. The summed E-state index contributed by atoms with van der Waals surface area (Å²) in [5, 5.41) is 13.7. The van der Waals surface area contributed by atoms with Crippen molar-refractivity contribution >= 4 is 33.0 Å². The lowest BCUT2D eigenvalue weighted by atomic mass is 9.83. The van der Waals surface area contributed by atoms with E-state index in [-0.39, 0.29) is 0 Å². The summed E-state index contributed by atoms with van der Waals surface area (Å²) in [4.78, 5) is 12.5. The van der Waals surface area contributed by atoms with E-state index in [1.807, 2.05) is 12.4 Å². The Labute approximate surface area is 157 Å². The number of rotatable bonds is 4. The molecule has 1 atom stereocenters. The summed E-state index contributed by atoms with van der Waals surface area (Å²) in [7, 11) is -1.41. The Bertz CT molecular complexity index is 1000. The van der Waals surface area contributed by atoms with Crippen molar-refractivity contribution in [2.24, 2.45) is 9.50 Å². The van der Waals surface area contributed by atoms with Gasteiger partial charge in [-0.25, -0.2) is 14.1 Å². The third-order valence-electron chi connectivity index (χ3n) is 4.99. The molecule has 138 valence electrons. The number of nitrogens with zero attached hydrogens (tertiary/aromatic N) is 1. The van der Waals surface area contributed by atoms with Crippen molar-refractivity contribution in [1.82, 2.24) is 5.32 Å². The first-order valence-corrected chi connectivity index (χ1v) is 11.2. The largest absolute Gasteiger partial charge is 0.354 e. The molecule has 0 saturated carbocycles. The van der Waals surface area contributed by atoms with Crippen molar-refractivity contribution in [3.8, 4) is 0 Å². The Morgan fingerprint density at radius 3 is 2.73 bits per heavy atom. The minimum atomic E-state index is -3.24. The van der Waals surface area contributed by atoms with Crippen molar-refractivity contribution in [3.05, 3.63) is 45.3 Å². The summed E-state index contributed by atoms with van der Waals surface area (Å²) in [5.74, 6) is 0. The van der Waals surface area contributed by atoms with Crippen LogP contribution in [0.5, 0.6) is 0 Å². The molecule has 1 unspecified atom stereocenters. The predicted octanol–water partition coefficient (Wildman–Crippen LogP) is 2.99. The van der Waals surface area contributed by atoms with Crippen molar-refractivity contribution in [1.29, 1.82) is 0 Å². The summed E-state index contributed by atoms with van der Waals surface area (Å²) in [5.41, 5.74) is 6.90. The van der Waals surface area contributed by atoms with E-state index in [4.69, 9.17) is 5.14 Å². The molecule has 2 aliphatic carbocycles. The molecule has 4 N–H and O–H groups in total. The molecule has 0 fully saturated rings. The Balaban J connectivity index is 1.61. The van der Waals surface area contributed by atoms with Gasteiger partial charge in [0.1, 0.15) is 4.21 Å². The lowest BCUT2D eigenvalue weighted by Gasteiger charge is -2.25. The maximum atomic E-state index is 12.7. The number of carbonyl (C=O) groups is 1. The highest BCUT2D eigenvalue weighted by Gasteiger charge is 2.26. The lowest BCUT2D eigenvalue weighted by Crippen LogP contribution is -2.20. The zero-order chi connectivity index (χ0) is 18.3. The molecule has 4 rings (SSSR count). The Morgan fingerprint density at radius 2 is 2.00 bits per heavy atom. The molecule has 2 aliphatic rings. The summed E-state index contributed by atoms with van der Waals surface area (Å²) in [6.45, 7) is 0.653. The summed E-state index contributed by atoms with van der Waals surface area (Å²) in [6.07, 6.45) is 5.15. The zero-order valence-electron chi connectivity index (χ0n) is 14.6. The predicted molar refractivity (Wildman–Crippen MR) is 105 cm³/mol. The molecule has 1 heterocycles. The second-order valence-electron chi connectivity index (χ2n) is 6.77. The van der Waals surface area contributed by atoms with E-state index in [2.05, 4.69) is 21.1 Å². The van der Waals surface area contributed by atoms with Crippen molar-refractivity contribution in [2.75, 3.05) is 12.4 Å². The van der Waals surface area contributed by atoms with Crippen LogP contribution in [0.2, 0.25) is 0 Å². The second kappa shape index (κ2) is 6.77. The summed E-state index contributed by atoms with van der Waals surface area (Å²) in [6, 6.07) is 3.39. The van der Waals surface area contributed by atoms with Crippen LogP contribution >= 0.6 is 11.3 Å². The molecule has 1 aromatic heterocycles. The van der Waals surface area contributed by atoms with E-state index in [0.29, 0.717) is 10.8 Å². The third kappa shape index (κ3) is 3.18. The number of urea groups is 1. The standard InChI is InChI=1S/C18H22N4O2S2/c1-20-9-11-7-16(25-10-11)26(19,24)22-18(23)21-17-14-4-2-3-12(14)8-13-5-6-15(13)17/h7-8,10,20H,2-6,9H2,1H3,(H3,19,21,22,23,24). The van der Waals surface area contributed by atoms with Gasteiger partial charge in [0, 0.05) is 12.2 Å². The van der Waals surface area contributed by atoms with Gasteiger partial charge in [0.2, 0.25) is 0 Å². The molecule has 0 bridgehead atoms. The van der Waals surface area contributed by atoms with Gasteiger partial charge in [-0.1, -0.05) is 6.07 Å². The number of carbonyl (C=O) groups excluding carboxylic acids is 1. The van der Waals surface area contributed by atoms with E-state index in [9.17, 15) is 9.00 Å². The first kappa shape index (κ1) is 17.7. The van der Waals surface area contributed by atoms with E-state index in [0.717, 1.165) is 43.4 Å². The number of hydrogen-bond acceptors (Lipinski definition) is 4. The minimum Gasteiger partial charge on any atom is -0.316 e. The van der Waals surface area contributed by atoms with Crippen LogP contribution in [-0.4, -0.2) is 17.3 Å². The number of thiophene rings is 1. The molecule has 0 spiro atoms. The number of nitrogens with two attached hydrogens (primary N) is 1. The van der Waals surface area contributed by atoms with Gasteiger partial charge in [-0.05, 0) is 78.4 Å². The molecule has 1 aromatic carbocycles. The molecule has 0 aliphatic heterocycles. The number of benzene rings is 1. The first-order valence-electron chi connectivity index (χ1n) is 8.72. The quantitative estimate of drug-likeness (QED) is 0.749. The minimum absolute atomic E-state index is 0.421. The van der Waals surface area contributed by atoms with Crippen LogP contribution in [0.3, 0.4) is 0 Å². The van der Waals surface area contributed by atoms with Gasteiger partial charge in [-0.2, -0.15) is 0 Å². The van der Waals surface area contributed by atoms with Gasteiger partial charge < -0.3 is 10.6 Å². The third-order valence-corrected chi connectivity index (χ3v) is 7.90. The van der Waals surface area contributed by atoms with Gasteiger partial charge in [0.05, 0.1) is 0 Å². The number of amides is 2. The van der Waals surface area contributed by atoms with Crippen molar-refractivity contribution in [3.63, 3.8) is 0 Å². The Morgan fingerprint density at radius 1 is 1.23 bits per heavy atom. The molecule has 8 heteroatoms. The van der Waals surface area contributed by atoms with Gasteiger partial charge >= 0.3 is 6.03 Å². The molecule has 2 amide bonds. The fourth-order valence-corrected chi connectivity index (χ4v) is 5.84. The number of aryl methyl sites for hydroxylation is 2. The maximum absolute atomic E-state index is 12.7. The fraction of sp³-hybridized carbons (Fsp3) is 0.389. The number of hydrogen-bond donors (Lipinski definition) is 3. The highest BCUT2D eigenvalue weighted by molar-refractivity contribution is 7.93. The zero-order valence-corrected chi connectivity index (χ0v) is 16.3. The molecule has 26 heavy (non-hydrogen) atoms. The Hall–Kier alpha value is -1.74. The Kier molecular flexibility index (Phi) is 4.60. The smallest absolute Gasteiger partial charge is 0.316 e. The van der Waals surface area contributed by atoms with Crippen LogP contribution in [0.4, 0.5) is 10.5 Å². The summed E-state index contributed by atoms with van der Waals surface area (Å²) < 4.78 is 17.0. The monoisotopic (exact) mass is 390 g/mol. The SMILES string of the molecule is CNCc1csc(S(N)(=O)=NC(=O)Nc2c3c(cc4c2CC4)CCC3)c1. The highest BCUT2D eigenvalue weighted by atomic mass is 32.2. The maximum Gasteiger partial charge on any atom is 0.354 e. The van der Waals surface area contributed by atoms with Crippen LogP contribution in [0.15, 0.2) is 26.1 Å². The molecule has 0 saturated heterocycles. The first-order chi connectivity index (χ1) is 12.5. The van der Waals surface area contributed by atoms with Crippen LogP contribution in [0.25, 0.3) is 0 Å². The highest BCUT2D eigenvalue weighted by Crippen LogP contribution is 2.39. The van der Waals surface area contributed by atoms with E-state index in [1.165, 1.54) is 33.6 Å². The normalized spacial score (nSPS) is 17.0. The van der Waals surface area contributed by atoms with Crippen LogP contribution in [-0.2, 0) is 42.1 Å². The number of nitrogens with one attached hydrogen (secondary N) is 2. The fourth-order valence-electron chi connectivity index (χ4n) is 3.70. The number of anilines is 1. The summed E-state index contributed by atoms with van der Waals surface area (Å²) >= 11 is 1.27. The van der Waals surface area contributed by atoms with Crippen molar-refractivity contribution < 1.29 is 9.00 Å². The molecular formula is C18H22N4O2S2. The number of fused-ring (bicyclic) bond motifs is 2. The van der Waals surface area contributed by atoms with E-state index >= 15 is 0 Å². The van der Waals surface area contributed by atoms with E-state index in [1.54, 1.807) is 6.07 Å². The van der Waals surface area contributed by atoms with Gasteiger partial charge in [0.25, 0.3) is 0 Å². The van der Waals surface area contributed by atoms with Crippen LogP contribution < -0.4 is 15.8 Å². The second-order valence-corrected chi connectivity index (χ2v) is 9.70. The average molecular weight is 391 g/mol. The molecule has 6 nitrogen and oxygen atoms in total. The van der Waals surface area contributed by atoms with Crippen LogP contribution in [0, 0.1) is 0 Å². The van der Waals surface area contributed by atoms with Gasteiger partial charge in [-0.3, -0.25) is 0 Å². The topological polar surface area (TPSA) is 96.6 Å². The van der Waals surface area contributed by atoms with Gasteiger partial charge in [-0.15, -0.1) is 15.7 Å². The van der Waals surface area contributed by atoms with Crippen molar-refractivity contribution in [2.45, 2.75) is 42.9 Å². The lowest BCUT2D eigenvalue weighted by molar-refractivity contribution is 0.260. The van der Waals surface area contributed by atoms with Crippen LogP contribution in [0.1, 0.15) is 34.2 Å².